The molecule has 24 heavy (non-hydrogen) atoms. The molecule has 1 aromatic carbocycles. The first kappa shape index (κ1) is 16.2. The van der Waals surface area contributed by atoms with Gasteiger partial charge in [0.25, 0.3) is 0 Å². The van der Waals surface area contributed by atoms with Gasteiger partial charge in [-0.25, -0.2) is 0 Å². The smallest absolute Gasteiger partial charge is 0.404 e. The summed E-state index contributed by atoms with van der Waals surface area (Å²) in [6.45, 7) is 2.44. The average Bonchev–Trinajstić information content (AvgIpc) is 2.83. The van der Waals surface area contributed by atoms with E-state index in [1.807, 2.05) is 0 Å². The first-order chi connectivity index (χ1) is 11.5. The van der Waals surface area contributed by atoms with Crippen molar-refractivity contribution in [3.05, 3.63) is 38.5 Å². The highest BCUT2D eigenvalue weighted by Crippen LogP contribution is 2.32. The molecule has 9 nitrogen and oxygen atoms in total. The highest BCUT2D eigenvalue weighted by Gasteiger charge is 2.24. The molecular formula is C14H13BrN4O5. The summed E-state index contributed by atoms with van der Waals surface area (Å²) in [5.74, 6) is 0.508. The molecule has 0 saturated heterocycles. The molecule has 1 amide bonds. The zero-order valence-corrected chi connectivity index (χ0v) is 14.2. The van der Waals surface area contributed by atoms with Gasteiger partial charge in [-0.2, -0.15) is 4.68 Å². The molecule has 1 aromatic heterocycles. The molecule has 2 heterocycles. The van der Waals surface area contributed by atoms with E-state index in [-0.39, 0.29) is 22.7 Å². The molecule has 2 aromatic rings. The van der Waals surface area contributed by atoms with Crippen molar-refractivity contribution in [2.75, 3.05) is 18.5 Å². The lowest BCUT2D eigenvalue weighted by molar-refractivity contribution is -0.390. The first-order valence-corrected chi connectivity index (χ1v) is 7.82. The van der Waals surface area contributed by atoms with E-state index in [2.05, 4.69) is 26.3 Å². The number of nitrogens with one attached hydrogen (secondary N) is 1. The molecular weight excluding hydrogens is 384 g/mol. The molecule has 0 radical (unpaired) electrons. The maximum Gasteiger partial charge on any atom is 0.404 e. The average molecular weight is 397 g/mol. The SMILES string of the molecule is Cc1c(Br)c([N+](=O)[O-])nn1CC(=O)Nc1ccc2c(c1)OCCO2. The number of carbonyl (C=O) groups excluding carboxylic acids is 1. The number of anilines is 1. The van der Waals surface area contributed by atoms with Gasteiger partial charge < -0.3 is 24.9 Å². The van der Waals surface area contributed by atoms with Crippen molar-refractivity contribution < 1.29 is 19.2 Å². The van der Waals surface area contributed by atoms with Gasteiger partial charge in [0.1, 0.15) is 24.2 Å². The number of aromatic nitrogens is 2. The Hall–Kier alpha value is -2.62. The Kier molecular flexibility index (Phi) is 4.38. The Morgan fingerprint density at radius 1 is 1.42 bits per heavy atom. The number of fused-ring (bicyclic) bond motifs is 1. The maximum atomic E-state index is 12.2. The van der Waals surface area contributed by atoms with Crippen LogP contribution in [-0.2, 0) is 11.3 Å². The van der Waals surface area contributed by atoms with Crippen LogP contribution in [0.25, 0.3) is 0 Å². The number of nitrogens with zero attached hydrogens (tertiary/aromatic N) is 3. The summed E-state index contributed by atoms with van der Waals surface area (Å²) >= 11 is 3.11. The minimum atomic E-state index is -0.605. The van der Waals surface area contributed by atoms with Crippen molar-refractivity contribution >= 4 is 33.3 Å². The van der Waals surface area contributed by atoms with Gasteiger partial charge in [-0.15, -0.1) is 0 Å². The number of carbonyl (C=O) groups is 1. The Bertz CT molecular complexity index is 820. The zero-order chi connectivity index (χ0) is 17.3. The maximum absolute atomic E-state index is 12.2. The predicted molar refractivity (Wildman–Crippen MR) is 87.4 cm³/mol. The Labute approximate surface area is 144 Å². The predicted octanol–water partition coefficient (Wildman–Crippen LogP) is 2.27. The molecule has 1 N–H and O–H groups in total. The van der Waals surface area contributed by atoms with Crippen LogP contribution in [-0.4, -0.2) is 33.8 Å². The minimum absolute atomic E-state index is 0.146. The quantitative estimate of drug-likeness (QED) is 0.626. The van der Waals surface area contributed by atoms with Crippen LogP contribution >= 0.6 is 15.9 Å². The fraction of sp³-hybridized carbons (Fsp3) is 0.286. The van der Waals surface area contributed by atoms with E-state index >= 15 is 0 Å². The Morgan fingerprint density at radius 2 is 2.12 bits per heavy atom. The molecule has 10 heteroatoms. The van der Waals surface area contributed by atoms with E-state index in [1.54, 1.807) is 25.1 Å². The standard InChI is InChI=1S/C14H13BrN4O5/c1-8-13(15)14(19(21)22)17-18(8)7-12(20)16-9-2-3-10-11(6-9)24-5-4-23-10/h2-3,6H,4-5,7H2,1H3,(H,16,20). The molecule has 3 rings (SSSR count). The summed E-state index contributed by atoms with van der Waals surface area (Å²) in [5, 5.41) is 17.4. The second kappa shape index (κ2) is 6.48. The van der Waals surface area contributed by atoms with Gasteiger partial charge >= 0.3 is 5.82 Å². The number of amides is 1. The van der Waals surface area contributed by atoms with Crippen LogP contribution in [0.3, 0.4) is 0 Å². The van der Waals surface area contributed by atoms with E-state index in [1.165, 1.54) is 4.68 Å². The van der Waals surface area contributed by atoms with E-state index in [0.717, 1.165) is 0 Å². The van der Waals surface area contributed by atoms with Gasteiger partial charge in [0.15, 0.2) is 11.5 Å². The normalized spacial score (nSPS) is 12.8. The van der Waals surface area contributed by atoms with Crippen LogP contribution in [0.1, 0.15) is 5.69 Å². The van der Waals surface area contributed by atoms with Crippen LogP contribution in [0.4, 0.5) is 11.5 Å². The van der Waals surface area contributed by atoms with Crippen molar-refractivity contribution in [3.8, 4) is 11.5 Å². The lowest BCUT2D eigenvalue weighted by atomic mass is 10.2. The second-order valence-corrected chi connectivity index (χ2v) is 5.84. The number of hydrogen-bond donors (Lipinski definition) is 1. The van der Waals surface area contributed by atoms with Crippen molar-refractivity contribution in [2.45, 2.75) is 13.5 Å². The number of hydrogen-bond acceptors (Lipinski definition) is 6. The van der Waals surface area contributed by atoms with Gasteiger partial charge in [-0.05, 0) is 39.9 Å². The fourth-order valence-electron chi connectivity index (χ4n) is 2.24. The van der Waals surface area contributed by atoms with E-state index in [4.69, 9.17) is 9.47 Å². The highest BCUT2D eigenvalue weighted by atomic mass is 79.9. The van der Waals surface area contributed by atoms with Gasteiger partial charge in [-0.1, -0.05) is 0 Å². The molecule has 0 aliphatic carbocycles. The van der Waals surface area contributed by atoms with Crippen molar-refractivity contribution in [1.29, 1.82) is 0 Å². The third-order valence-electron chi connectivity index (χ3n) is 3.41. The minimum Gasteiger partial charge on any atom is -0.486 e. The molecule has 0 fully saturated rings. The van der Waals surface area contributed by atoms with Gasteiger partial charge in [-0.3, -0.25) is 4.79 Å². The zero-order valence-electron chi connectivity index (χ0n) is 12.6. The number of rotatable bonds is 4. The lowest BCUT2D eigenvalue weighted by Gasteiger charge is -2.18. The molecule has 0 spiro atoms. The Morgan fingerprint density at radius 3 is 2.79 bits per heavy atom. The molecule has 1 aliphatic rings. The fourth-order valence-corrected chi connectivity index (χ4v) is 2.67. The van der Waals surface area contributed by atoms with Gasteiger partial charge in [0, 0.05) is 11.8 Å². The summed E-state index contributed by atoms with van der Waals surface area (Å²) in [6, 6.07) is 5.07. The van der Waals surface area contributed by atoms with Gasteiger partial charge in [0.2, 0.25) is 5.91 Å². The summed E-state index contributed by atoms with van der Waals surface area (Å²) in [5.41, 5.74) is 1.04. The lowest BCUT2D eigenvalue weighted by Crippen LogP contribution is -2.21. The number of nitro groups is 1. The van der Waals surface area contributed by atoms with Crippen molar-refractivity contribution in [2.24, 2.45) is 0 Å². The molecule has 0 unspecified atom stereocenters. The summed E-state index contributed by atoms with van der Waals surface area (Å²) in [7, 11) is 0. The molecule has 0 atom stereocenters. The topological polar surface area (TPSA) is 109 Å². The van der Waals surface area contributed by atoms with Crippen LogP contribution in [0.2, 0.25) is 0 Å². The number of halogens is 1. The molecule has 0 saturated carbocycles. The van der Waals surface area contributed by atoms with Crippen LogP contribution in [0.15, 0.2) is 22.7 Å². The largest absolute Gasteiger partial charge is 0.486 e. The Balaban J connectivity index is 1.72. The van der Waals surface area contributed by atoms with Crippen LogP contribution in [0.5, 0.6) is 11.5 Å². The highest BCUT2D eigenvalue weighted by molar-refractivity contribution is 9.10. The summed E-state index contributed by atoms with van der Waals surface area (Å²) in [6.07, 6.45) is 0. The first-order valence-electron chi connectivity index (χ1n) is 7.02. The van der Waals surface area contributed by atoms with E-state index in [0.29, 0.717) is 36.1 Å². The van der Waals surface area contributed by atoms with Crippen molar-refractivity contribution in [3.63, 3.8) is 0 Å². The molecule has 1 aliphatic heterocycles. The van der Waals surface area contributed by atoms with E-state index in [9.17, 15) is 14.9 Å². The monoisotopic (exact) mass is 396 g/mol. The molecule has 0 bridgehead atoms. The van der Waals surface area contributed by atoms with Gasteiger partial charge in [0.05, 0.1) is 10.8 Å². The molecule has 126 valence electrons. The van der Waals surface area contributed by atoms with Crippen LogP contribution < -0.4 is 14.8 Å². The summed E-state index contributed by atoms with van der Waals surface area (Å²) < 4.78 is 12.4. The van der Waals surface area contributed by atoms with Crippen molar-refractivity contribution in [1.82, 2.24) is 9.78 Å². The van der Waals surface area contributed by atoms with Crippen LogP contribution in [0, 0.1) is 17.0 Å². The number of benzene rings is 1. The van der Waals surface area contributed by atoms with E-state index < -0.39 is 4.92 Å². The third kappa shape index (κ3) is 3.18. The third-order valence-corrected chi connectivity index (χ3v) is 4.34. The summed E-state index contributed by atoms with van der Waals surface area (Å²) in [4.78, 5) is 22.4. The number of ether oxygens (including phenoxy) is 2. The second-order valence-electron chi connectivity index (χ2n) is 5.04.